The first-order valence-electron chi connectivity index (χ1n) is 8.74. The molecule has 4 nitrogen and oxygen atoms in total. The molecule has 0 radical (unpaired) electrons. The number of hydrogen-bond donors (Lipinski definition) is 0. The number of carbonyl (C=O) groups excluding carboxylic acids is 2. The molecule has 3 rings (SSSR count). The fourth-order valence-corrected chi connectivity index (χ4v) is 4.36. The van der Waals surface area contributed by atoms with Gasteiger partial charge in [-0.2, -0.15) is 0 Å². The zero-order valence-corrected chi connectivity index (χ0v) is 14.7. The van der Waals surface area contributed by atoms with Crippen molar-refractivity contribution in [3.63, 3.8) is 0 Å². The molecule has 1 saturated carbocycles. The highest BCUT2D eigenvalue weighted by Crippen LogP contribution is 2.51. The van der Waals surface area contributed by atoms with E-state index in [1.807, 2.05) is 19.9 Å². The molecular weight excluding hydrogens is 304 g/mol. The Labute approximate surface area is 143 Å². The maximum absolute atomic E-state index is 12.2. The maximum Gasteiger partial charge on any atom is 0.334 e. The first-order chi connectivity index (χ1) is 11.3. The molecule has 0 amide bonds. The summed E-state index contributed by atoms with van der Waals surface area (Å²) in [5, 5.41) is 0. The fraction of sp³-hybridized carbons (Fsp3) is 0.600. The number of carbonyl (C=O) groups is 2. The van der Waals surface area contributed by atoms with Crippen LogP contribution in [0, 0.1) is 23.7 Å². The third-order valence-corrected chi connectivity index (χ3v) is 5.51. The molecule has 0 N–H and O–H groups in total. The number of allylic oxidation sites excluding steroid dienone is 1. The number of hydrogen-bond acceptors (Lipinski definition) is 4. The van der Waals surface area contributed by atoms with Crippen molar-refractivity contribution in [2.45, 2.75) is 52.2 Å². The Bertz CT molecular complexity index is 628. The summed E-state index contributed by atoms with van der Waals surface area (Å²) in [5.74, 6) is -0.292. The molecule has 2 aliphatic carbocycles. The summed E-state index contributed by atoms with van der Waals surface area (Å²) in [7, 11) is 0. The van der Waals surface area contributed by atoms with Crippen LogP contribution in [0.25, 0.3) is 0 Å². The molecule has 0 spiro atoms. The fourth-order valence-electron chi connectivity index (χ4n) is 4.36. The first-order valence-corrected chi connectivity index (χ1v) is 8.74. The lowest BCUT2D eigenvalue weighted by atomic mass is 9.80. The van der Waals surface area contributed by atoms with Crippen LogP contribution in [0.15, 0.2) is 36.0 Å². The van der Waals surface area contributed by atoms with E-state index in [1.165, 1.54) is 5.57 Å². The molecule has 5 unspecified atom stereocenters. The van der Waals surface area contributed by atoms with Crippen molar-refractivity contribution < 1.29 is 19.1 Å². The molecular formula is C20H26O4. The molecule has 0 bridgehead atoms. The largest absolute Gasteiger partial charge is 0.458 e. The Morgan fingerprint density at radius 1 is 1.38 bits per heavy atom. The van der Waals surface area contributed by atoms with Crippen LogP contribution in [0.2, 0.25) is 0 Å². The van der Waals surface area contributed by atoms with E-state index >= 15 is 0 Å². The molecule has 1 saturated heterocycles. The third-order valence-electron chi connectivity index (χ3n) is 5.51. The predicted molar refractivity (Wildman–Crippen MR) is 91.0 cm³/mol. The van der Waals surface area contributed by atoms with Crippen LogP contribution in [0.5, 0.6) is 0 Å². The van der Waals surface area contributed by atoms with E-state index in [0.29, 0.717) is 17.9 Å². The highest BCUT2D eigenvalue weighted by molar-refractivity contribution is 5.91. The zero-order chi connectivity index (χ0) is 17.6. The highest BCUT2D eigenvalue weighted by atomic mass is 16.6. The minimum Gasteiger partial charge on any atom is -0.458 e. The van der Waals surface area contributed by atoms with Crippen molar-refractivity contribution in [3.05, 3.63) is 36.0 Å². The lowest BCUT2D eigenvalue weighted by molar-refractivity contribution is -0.151. The van der Waals surface area contributed by atoms with E-state index < -0.39 is 6.10 Å². The third kappa shape index (κ3) is 2.83. The topological polar surface area (TPSA) is 52.6 Å². The summed E-state index contributed by atoms with van der Waals surface area (Å²) in [6, 6.07) is 0. The number of fused-ring (bicyclic) bond motifs is 3. The SMILES string of the molecule is C=C1C(=O)OC2C1C(OC(=O)CC(C)C)C=C(C)C1CCC(=C)C12. The highest BCUT2D eigenvalue weighted by Gasteiger charge is 2.53. The van der Waals surface area contributed by atoms with Gasteiger partial charge in [0, 0.05) is 17.9 Å². The van der Waals surface area contributed by atoms with E-state index in [0.717, 1.165) is 18.4 Å². The van der Waals surface area contributed by atoms with Gasteiger partial charge in [-0.25, -0.2) is 4.79 Å². The molecule has 5 atom stereocenters. The smallest absolute Gasteiger partial charge is 0.334 e. The van der Waals surface area contributed by atoms with Gasteiger partial charge in [0.15, 0.2) is 0 Å². The van der Waals surface area contributed by atoms with Gasteiger partial charge in [0.2, 0.25) is 0 Å². The van der Waals surface area contributed by atoms with Gasteiger partial charge in [-0.15, -0.1) is 0 Å². The van der Waals surface area contributed by atoms with Gasteiger partial charge in [-0.05, 0) is 37.7 Å². The molecule has 0 aromatic carbocycles. The summed E-state index contributed by atoms with van der Waals surface area (Å²) >= 11 is 0. The van der Waals surface area contributed by atoms with Crippen LogP contribution in [0.3, 0.4) is 0 Å². The normalized spacial score (nSPS) is 35.2. The molecule has 1 aliphatic heterocycles. The standard InChI is InChI=1S/C20H26O4/c1-10(2)8-16(21)23-15-9-12(4)14-7-6-11(3)17(14)19-18(15)13(5)20(22)24-19/h9-10,14-15,17-19H,3,5-8H2,1-2,4H3. The maximum atomic E-state index is 12.2. The second kappa shape index (κ2) is 6.23. The minimum atomic E-state index is -0.487. The molecule has 2 fully saturated rings. The van der Waals surface area contributed by atoms with Gasteiger partial charge in [-0.3, -0.25) is 4.79 Å². The van der Waals surface area contributed by atoms with Crippen molar-refractivity contribution in [2.24, 2.45) is 23.7 Å². The summed E-state index contributed by atoms with van der Waals surface area (Å²) < 4.78 is 11.4. The first kappa shape index (κ1) is 17.0. The molecule has 130 valence electrons. The summed E-state index contributed by atoms with van der Waals surface area (Å²) in [6.45, 7) is 14.1. The van der Waals surface area contributed by atoms with Crippen LogP contribution < -0.4 is 0 Å². The van der Waals surface area contributed by atoms with Gasteiger partial charge in [0.05, 0.1) is 5.92 Å². The molecule has 3 aliphatic rings. The van der Waals surface area contributed by atoms with Gasteiger partial charge >= 0.3 is 11.9 Å². The Hall–Kier alpha value is -1.84. The van der Waals surface area contributed by atoms with E-state index in [2.05, 4.69) is 20.1 Å². The molecule has 0 aromatic heterocycles. The second-order valence-electron chi connectivity index (χ2n) is 7.71. The number of ether oxygens (including phenoxy) is 2. The van der Waals surface area contributed by atoms with Crippen LogP contribution >= 0.6 is 0 Å². The van der Waals surface area contributed by atoms with Gasteiger partial charge in [0.1, 0.15) is 12.2 Å². The lowest BCUT2D eigenvalue weighted by Gasteiger charge is -2.28. The Balaban J connectivity index is 1.94. The summed E-state index contributed by atoms with van der Waals surface area (Å²) in [4.78, 5) is 24.3. The van der Waals surface area contributed by atoms with Crippen molar-refractivity contribution in [1.29, 1.82) is 0 Å². The van der Waals surface area contributed by atoms with Gasteiger partial charge in [0.25, 0.3) is 0 Å². The van der Waals surface area contributed by atoms with E-state index in [9.17, 15) is 9.59 Å². The van der Waals surface area contributed by atoms with Crippen LogP contribution in [-0.2, 0) is 19.1 Å². The van der Waals surface area contributed by atoms with E-state index in [-0.39, 0.29) is 35.8 Å². The molecule has 1 heterocycles. The van der Waals surface area contributed by atoms with E-state index in [1.54, 1.807) is 0 Å². The average molecular weight is 330 g/mol. The van der Waals surface area contributed by atoms with Gasteiger partial charge in [-0.1, -0.05) is 38.2 Å². The lowest BCUT2D eigenvalue weighted by Crippen LogP contribution is -2.36. The van der Waals surface area contributed by atoms with Crippen molar-refractivity contribution in [1.82, 2.24) is 0 Å². The predicted octanol–water partition coefficient (Wildman–Crippen LogP) is 3.58. The number of rotatable bonds is 3. The Kier molecular flexibility index (Phi) is 4.41. The quantitative estimate of drug-likeness (QED) is 0.451. The van der Waals surface area contributed by atoms with E-state index in [4.69, 9.17) is 9.47 Å². The van der Waals surface area contributed by atoms with Crippen LogP contribution in [0.1, 0.15) is 40.0 Å². The Morgan fingerprint density at radius 3 is 2.75 bits per heavy atom. The zero-order valence-electron chi connectivity index (χ0n) is 14.7. The average Bonchev–Trinajstić information content (AvgIpc) is 2.95. The number of esters is 2. The van der Waals surface area contributed by atoms with Crippen LogP contribution in [0.4, 0.5) is 0 Å². The minimum absolute atomic E-state index is 0.100. The van der Waals surface area contributed by atoms with Crippen molar-refractivity contribution >= 4 is 11.9 Å². The van der Waals surface area contributed by atoms with Crippen LogP contribution in [-0.4, -0.2) is 24.1 Å². The summed E-state index contributed by atoms with van der Waals surface area (Å²) in [6.07, 6.45) is 3.51. The van der Waals surface area contributed by atoms with Gasteiger partial charge < -0.3 is 9.47 Å². The molecule has 4 heteroatoms. The molecule has 24 heavy (non-hydrogen) atoms. The Morgan fingerprint density at radius 2 is 2.08 bits per heavy atom. The summed E-state index contributed by atoms with van der Waals surface area (Å²) in [5.41, 5.74) is 2.73. The monoisotopic (exact) mass is 330 g/mol. The molecule has 0 aromatic rings. The van der Waals surface area contributed by atoms with Crippen molar-refractivity contribution in [2.75, 3.05) is 0 Å². The second-order valence-corrected chi connectivity index (χ2v) is 7.71. The van der Waals surface area contributed by atoms with Crippen molar-refractivity contribution in [3.8, 4) is 0 Å².